The van der Waals surface area contributed by atoms with Gasteiger partial charge < -0.3 is 14.8 Å². The largest absolute Gasteiger partial charge is 0.493 e. The Morgan fingerprint density at radius 3 is 2.54 bits per heavy atom. The fraction of sp³-hybridized carbons (Fsp3) is 0.103. The van der Waals surface area contributed by atoms with Crippen molar-refractivity contribution in [2.24, 2.45) is 4.99 Å². The maximum Gasteiger partial charge on any atom is 0.264 e. The number of ether oxygens (including phenoxy) is 2. The van der Waals surface area contributed by atoms with Crippen LogP contribution in [0.4, 0.5) is 5.69 Å². The van der Waals surface area contributed by atoms with E-state index < -0.39 is 0 Å². The second-order valence-corrected chi connectivity index (χ2v) is 9.15. The zero-order chi connectivity index (χ0) is 24.2. The molecular formula is C29H24N2O3S. The Morgan fingerprint density at radius 2 is 1.71 bits per heavy atom. The molecule has 0 bridgehead atoms. The first-order valence-electron chi connectivity index (χ1n) is 11.2. The van der Waals surface area contributed by atoms with E-state index in [4.69, 9.17) is 9.47 Å². The molecule has 6 heteroatoms. The Kier molecular flexibility index (Phi) is 6.55. The van der Waals surface area contributed by atoms with Crippen LogP contribution >= 0.6 is 11.8 Å². The topological polar surface area (TPSA) is 59.9 Å². The fourth-order valence-electron chi connectivity index (χ4n) is 3.89. The van der Waals surface area contributed by atoms with Crippen molar-refractivity contribution >= 4 is 45.4 Å². The van der Waals surface area contributed by atoms with Crippen LogP contribution in [0.1, 0.15) is 16.7 Å². The summed E-state index contributed by atoms with van der Waals surface area (Å²) in [4.78, 5) is 17.8. The number of hydrogen-bond donors (Lipinski definition) is 1. The molecule has 0 radical (unpaired) electrons. The lowest BCUT2D eigenvalue weighted by atomic mass is 10.1. The summed E-state index contributed by atoms with van der Waals surface area (Å²) in [6.07, 6.45) is 1.82. The minimum Gasteiger partial charge on any atom is -0.493 e. The third-order valence-electron chi connectivity index (χ3n) is 5.68. The number of carbonyl (C=O) groups is 1. The molecule has 0 atom stereocenters. The first-order valence-corrected chi connectivity index (χ1v) is 12.0. The molecule has 0 aliphatic carbocycles. The second kappa shape index (κ2) is 10.1. The lowest BCUT2D eigenvalue weighted by molar-refractivity contribution is -0.115. The summed E-state index contributed by atoms with van der Waals surface area (Å²) in [5.41, 5.74) is 3.79. The molecule has 0 saturated carbocycles. The van der Waals surface area contributed by atoms with E-state index in [1.165, 1.54) is 11.8 Å². The number of methoxy groups -OCH3 is 1. The van der Waals surface area contributed by atoms with Gasteiger partial charge in [-0.15, -0.1) is 0 Å². The predicted octanol–water partition coefficient (Wildman–Crippen LogP) is 6.63. The third-order valence-corrected chi connectivity index (χ3v) is 6.59. The Hall–Kier alpha value is -4.03. The summed E-state index contributed by atoms with van der Waals surface area (Å²) in [6.45, 7) is 2.40. The smallest absolute Gasteiger partial charge is 0.264 e. The molecule has 35 heavy (non-hydrogen) atoms. The first-order chi connectivity index (χ1) is 17.1. The van der Waals surface area contributed by atoms with Gasteiger partial charge in [0.2, 0.25) is 0 Å². The number of fused-ring (bicyclic) bond motifs is 1. The van der Waals surface area contributed by atoms with Crippen LogP contribution in [0.15, 0.2) is 94.8 Å². The van der Waals surface area contributed by atoms with E-state index in [0.717, 1.165) is 33.2 Å². The predicted molar refractivity (Wildman–Crippen MR) is 143 cm³/mol. The summed E-state index contributed by atoms with van der Waals surface area (Å²) >= 11 is 1.31. The highest BCUT2D eigenvalue weighted by Crippen LogP contribution is 2.36. The van der Waals surface area contributed by atoms with Gasteiger partial charge in [0.25, 0.3) is 5.91 Å². The highest BCUT2D eigenvalue weighted by Gasteiger charge is 2.25. The molecule has 0 spiro atoms. The number of nitrogens with one attached hydrogen (secondary N) is 1. The molecule has 1 N–H and O–H groups in total. The van der Waals surface area contributed by atoms with Crippen LogP contribution in [-0.2, 0) is 11.4 Å². The molecule has 5 nitrogen and oxygen atoms in total. The van der Waals surface area contributed by atoms with Crippen molar-refractivity contribution in [3.05, 3.63) is 107 Å². The van der Waals surface area contributed by atoms with E-state index in [1.54, 1.807) is 7.11 Å². The van der Waals surface area contributed by atoms with Crippen molar-refractivity contribution in [3.8, 4) is 11.5 Å². The number of benzene rings is 4. The molecule has 174 valence electrons. The standard InChI is InChI=1S/C29H24N2O3S/c1-19-13-15-23(16-14-19)30-29-31-28(32)26(35-29)17-21-9-6-12-25(33-2)27(21)34-18-22-10-5-8-20-7-3-4-11-24(20)22/h3-17H,18H2,1-2H3,(H,30,31,32)/b26-17-. The SMILES string of the molecule is COc1cccc(/C=C2\SC(=Nc3ccc(C)cc3)NC2=O)c1OCc1cccc2ccccc12. The molecule has 4 aromatic rings. The molecule has 1 aliphatic rings. The molecule has 1 heterocycles. The first kappa shape index (κ1) is 22.7. The summed E-state index contributed by atoms with van der Waals surface area (Å²) in [6, 6.07) is 27.9. The van der Waals surface area contributed by atoms with Crippen molar-refractivity contribution in [2.45, 2.75) is 13.5 Å². The van der Waals surface area contributed by atoms with Gasteiger partial charge in [-0.2, -0.15) is 0 Å². The van der Waals surface area contributed by atoms with Crippen LogP contribution in [0.3, 0.4) is 0 Å². The normalized spacial score (nSPS) is 15.5. The minimum atomic E-state index is -0.191. The number of para-hydroxylation sites is 1. The number of amides is 1. The summed E-state index contributed by atoms with van der Waals surface area (Å²) < 4.78 is 11.9. The lowest BCUT2D eigenvalue weighted by Crippen LogP contribution is -2.19. The van der Waals surface area contributed by atoms with E-state index in [-0.39, 0.29) is 5.91 Å². The zero-order valence-electron chi connectivity index (χ0n) is 19.4. The number of aryl methyl sites for hydroxylation is 1. The Bertz CT molecular complexity index is 1450. The average molecular weight is 481 g/mol. The zero-order valence-corrected chi connectivity index (χ0v) is 20.3. The molecule has 1 aliphatic heterocycles. The van der Waals surface area contributed by atoms with Gasteiger partial charge in [-0.3, -0.25) is 4.79 Å². The number of thioether (sulfide) groups is 1. The van der Waals surface area contributed by atoms with Crippen molar-refractivity contribution in [1.29, 1.82) is 0 Å². The Labute approximate surface area is 208 Å². The van der Waals surface area contributed by atoms with Crippen LogP contribution in [0.25, 0.3) is 16.8 Å². The second-order valence-electron chi connectivity index (χ2n) is 8.12. The van der Waals surface area contributed by atoms with Gasteiger partial charge in [0.05, 0.1) is 17.7 Å². The molecule has 0 aromatic heterocycles. The molecule has 0 unspecified atom stereocenters. The van der Waals surface area contributed by atoms with Crippen molar-refractivity contribution < 1.29 is 14.3 Å². The lowest BCUT2D eigenvalue weighted by Gasteiger charge is -2.15. The van der Waals surface area contributed by atoms with Gasteiger partial charge in [-0.1, -0.05) is 72.3 Å². The van der Waals surface area contributed by atoms with Crippen LogP contribution < -0.4 is 14.8 Å². The van der Waals surface area contributed by atoms with Gasteiger partial charge >= 0.3 is 0 Å². The van der Waals surface area contributed by atoms with Crippen LogP contribution in [-0.4, -0.2) is 18.2 Å². The van der Waals surface area contributed by atoms with Crippen LogP contribution in [0.2, 0.25) is 0 Å². The summed E-state index contributed by atoms with van der Waals surface area (Å²) in [5.74, 6) is 1.01. The molecular weight excluding hydrogens is 456 g/mol. The number of carbonyl (C=O) groups excluding carboxylic acids is 1. The highest BCUT2D eigenvalue weighted by atomic mass is 32.2. The quantitative estimate of drug-likeness (QED) is 0.315. The third kappa shape index (κ3) is 5.08. The van der Waals surface area contributed by atoms with E-state index in [1.807, 2.05) is 73.7 Å². The minimum absolute atomic E-state index is 0.191. The average Bonchev–Trinajstić information content (AvgIpc) is 3.22. The van der Waals surface area contributed by atoms with Crippen LogP contribution in [0.5, 0.6) is 11.5 Å². The maximum absolute atomic E-state index is 12.7. The monoisotopic (exact) mass is 480 g/mol. The van der Waals surface area contributed by atoms with Crippen LogP contribution in [0, 0.1) is 6.92 Å². The van der Waals surface area contributed by atoms with Gasteiger partial charge in [0, 0.05) is 5.56 Å². The van der Waals surface area contributed by atoms with E-state index in [2.05, 4.69) is 34.6 Å². The summed E-state index contributed by atoms with van der Waals surface area (Å²) in [7, 11) is 1.61. The van der Waals surface area contributed by atoms with Gasteiger partial charge in [0.15, 0.2) is 16.7 Å². The number of amidine groups is 1. The van der Waals surface area contributed by atoms with Gasteiger partial charge in [-0.05, 0) is 59.3 Å². The van der Waals surface area contributed by atoms with E-state index in [0.29, 0.717) is 28.2 Å². The Balaban J connectivity index is 1.42. The van der Waals surface area contributed by atoms with E-state index >= 15 is 0 Å². The number of rotatable bonds is 6. The van der Waals surface area contributed by atoms with Gasteiger partial charge in [-0.25, -0.2) is 4.99 Å². The number of nitrogens with zero attached hydrogens (tertiary/aromatic N) is 1. The molecule has 4 aromatic carbocycles. The maximum atomic E-state index is 12.7. The van der Waals surface area contributed by atoms with Gasteiger partial charge in [0.1, 0.15) is 6.61 Å². The van der Waals surface area contributed by atoms with E-state index in [9.17, 15) is 4.79 Å². The fourth-order valence-corrected chi connectivity index (χ4v) is 4.72. The Morgan fingerprint density at radius 1 is 0.943 bits per heavy atom. The molecule has 5 rings (SSSR count). The van der Waals surface area contributed by atoms with Crippen molar-refractivity contribution in [1.82, 2.24) is 5.32 Å². The number of hydrogen-bond acceptors (Lipinski definition) is 5. The summed E-state index contributed by atoms with van der Waals surface area (Å²) in [5, 5.41) is 5.70. The molecule has 1 saturated heterocycles. The molecule has 1 amide bonds. The number of aliphatic imine (C=N–C) groups is 1. The van der Waals surface area contributed by atoms with Crippen molar-refractivity contribution in [3.63, 3.8) is 0 Å². The van der Waals surface area contributed by atoms with Crippen molar-refractivity contribution in [2.75, 3.05) is 7.11 Å². The highest BCUT2D eigenvalue weighted by molar-refractivity contribution is 8.18. The molecule has 1 fully saturated rings.